The second-order valence-electron chi connectivity index (χ2n) is 8.03. The number of nitrogens with zero attached hydrogens (tertiary/aromatic N) is 1. The Kier molecular flexibility index (Phi) is 6.49. The van der Waals surface area contributed by atoms with E-state index in [-0.39, 0.29) is 24.5 Å². The number of carbonyl (C=O) groups excluding carboxylic acids is 2. The zero-order valence-corrected chi connectivity index (χ0v) is 15.2. The Balaban J connectivity index is 2.09. The number of hydrogen-bond donors (Lipinski definition) is 2. The Bertz CT molecular complexity index is 441. The molecule has 1 saturated carbocycles. The fraction of sp³-hybridized carbons (Fsp3) is 0.889. The molecular weight excluding hydrogens is 308 g/mol. The van der Waals surface area contributed by atoms with Crippen molar-refractivity contribution in [3.8, 4) is 0 Å². The first-order chi connectivity index (χ1) is 11.3. The standard InChI is InChI=1S/C18H32N2O4/c1-18(2,3)24-17(23)19-15(13-8-5-4-6-9-13)16(22)20-11-7-10-14(20)12-21/h13-15,21H,4-12H2,1-3H3,(H,19,23). The summed E-state index contributed by atoms with van der Waals surface area (Å²) in [6, 6.07) is -0.670. The average Bonchev–Trinajstić information content (AvgIpc) is 2.99. The summed E-state index contributed by atoms with van der Waals surface area (Å²) < 4.78 is 5.35. The van der Waals surface area contributed by atoms with Gasteiger partial charge in [0.25, 0.3) is 0 Å². The van der Waals surface area contributed by atoms with E-state index in [4.69, 9.17) is 4.74 Å². The van der Waals surface area contributed by atoms with Crippen LogP contribution in [0.2, 0.25) is 0 Å². The number of aliphatic hydroxyl groups excluding tert-OH is 1. The van der Waals surface area contributed by atoms with E-state index in [0.29, 0.717) is 6.54 Å². The zero-order valence-electron chi connectivity index (χ0n) is 15.2. The van der Waals surface area contributed by atoms with Crippen LogP contribution in [0.5, 0.6) is 0 Å². The molecule has 2 rings (SSSR count). The largest absolute Gasteiger partial charge is 0.444 e. The van der Waals surface area contributed by atoms with Gasteiger partial charge in [0.2, 0.25) is 5.91 Å². The van der Waals surface area contributed by atoms with Gasteiger partial charge >= 0.3 is 6.09 Å². The summed E-state index contributed by atoms with van der Waals surface area (Å²) in [7, 11) is 0. The lowest BCUT2D eigenvalue weighted by atomic mass is 9.83. The second-order valence-corrected chi connectivity index (χ2v) is 8.03. The van der Waals surface area contributed by atoms with Crippen LogP contribution in [0, 0.1) is 5.92 Å². The Morgan fingerprint density at radius 1 is 1.17 bits per heavy atom. The first kappa shape index (κ1) is 19.0. The monoisotopic (exact) mass is 340 g/mol. The van der Waals surface area contributed by atoms with Crippen molar-refractivity contribution < 1.29 is 19.4 Å². The number of carbonyl (C=O) groups is 2. The molecular formula is C18H32N2O4. The highest BCUT2D eigenvalue weighted by molar-refractivity contribution is 5.86. The summed E-state index contributed by atoms with van der Waals surface area (Å²) in [5, 5.41) is 12.3. The summed E-state index contributed by atoms with van der Waals surface area (Å²) in [6.07, 6.45) is 6.46. The molecule has 0 bridgehead atoms. The number of hydrogen-bond acceptors (Lipinski definition) is 4. The number of nitrogens with one attached hydrogen (secondary N) is 1. The Morgan fingerprint density at radius 3 is 2.42 bits per heavy atom. The molecule has 1 aliphatic carbocycles. The average molecular weight is 340 g/mol. The van der Waals surface area contributed by atoms with Crippen LogP contribution in [0.15, 0.2) is 0 Å². The predicted molar refractivity (Wildman–Crippen MR) is 91.6 cm³/mol. The summed E-state index contributed by atoms with van der Waals surface area (Å²) in [4.78, 5) is 27.0. The summed E-state index contributed by atoms with van der Waals surface area (Å²) in [6.45, 7) is 6.07. The first-order valence-corrected chi connectivity index (χ1v) is 9.22. The van der Waals surface area contributed by atoms with Crippen molar-refractivity contribution in [1.29, 1.82) is 0 Å². The lowest BCUT2D eigenvalue weighted by molar-refractivity contribution is -0.136. The smallest absolute Gasteiger partial charge is 0.408 e. The van der Waals surface area contributed by atoms with E-state index >= 15 is 0 Å². The Hall–Kier alpha value is -1.30. The minimum Gasteiger partial charge on any atom is -0.444 e. The fourth-order valence-corrected chi connectivity index (χ4v) is 3.78. The van der Waals surface area contributed by atoms with Crippen molar-refractivity contribution in [2.75, 3.05) is 13.2 Å². The van der Waals surface area contributed by atoms with Crippen molar-refractivity contribution in [1.82, 2.24) is 10.2 Å². The van der Waals surface area contributed by atoms with Crippen molar-refractivity contribution >= 4 is 12.0 Å². The Labute approximate surface area is 144 Å². The van der Waals surface area contributed by atoms with Crippen LogP contribution in [0.1, 0.15) is 65.7 Å². The van der Waals surface area contributed by atoms with Gasteiger partial charge in [0.05, 0.1) is 12.6 Å². The van der Waals surface area contributed by atoms with Gasteiger partial charge in [0.1, 0.15) is 11.6 Å². The highest BCUT2D eigenvalue weighted by atomic mass is 16.6. The molecule has 2 N–H and O–H groups in total. The molecule has 0 radical (unpaired) electrons. The predicted octanol–water partition coefficient (Wildman–Crippen LogP) is 2.44. The van der Waals surface area contributed by atoms with Gasteiger partial charge in [-0.3, -0.25) is 4.79 Å². The zero-order chi connectivity index (χ0) is 17.7. The molecule has 2 aliphatic rings. The number of rotatable bonds is 4. The van der Waals surface area contributed by atoms with Gasteiger partial charge in [-0.05, 0) is 52.4 Å². The number of alkyl carbamates (subject to hydrolysis) is 1. The van der Waals surface area contributed by atoms with E-state index < -0.39 is 17.7 Å². The van der Waals surface area contributed by atoms with Gasteiger partial charge in [0, 0.05) is 6.54 Å². The highest BCUT2D eigenvalue weighted by Crippen LogP contribution is 2.29. The van der Waals surface area contributed by atoms with E-state index in [9.17, 15) is 14.7 Å². The molecule has 2 fully saturated rings. The van der Waals surface area contributed by atoms with Crippen molar-refractivity contribution in [2.45, 2.75) is 83.4 Å². The van der Waals surface area contributed by atoms with Gasteiger partial charge in [-0.1, -0.05) is 19.3 Å². The van der Waals surface area contributed by atoms with Crippen LogP contribution in [0.4, 0.5) is 4.79 Å². The van der Waals surface area contributed by atoms with Crippen molar-refractivity contribution in [3.63, 3.8) is 0 Å². The lowest BCUT2D eigenvalue weighted by Crippen LogP contribution is -2.55. The van der Waals surface area contributed by atoms with Crippen LogP contribution in [0.25, 0.3) is 0 Å². The van der Waals surface area contributed by atoms with Crippen molar-refractivity contribution in [3.05, 3.63) is 0 Å². The molecule has 2 atom stereocenters. The van der Waals surface area contributed by atoms with Crippen molar-refractivity contribution in [2.24, 2.45) is 5.92 Å². The molecule has 6 heteroatoms. The number of ether oxygens (including phenoxy) is 1. The van der Waals surface area contributed by atoms with E-state index in [1.54, 1.807) is 4.90 Å². The molecule has 0 spiro atoms. The molecule has 1 heterocycles. The maximum absolute atomic E-state index is 13.1. The summed E-state index contributed by atoms with van der Waals surface area (Å²) in [5.74, 6) is 0.0861. The van der Waals surface area contributed by atoms with Crippen LogP contribution in [-0.2, 0) is 9.53 Å². The van der Waals surface area contributed by atoms with E-state index in [0.717, 1.165) is 38.5 Å². The van der Waals surface area contributed by atoms with Crippen LogP contribution in [-0.4, -0.2) is 52.8 Å². The summed E-state index contributed by atoms with van der Waals surface area (Å²) >= 11 is 0. The third-order valence-electron chi connectivity index (χ3n) is 4.93. The lowest BCUT2D eigenvalue weighted by Gasteiger charge is -2.35. The molecule has 0 aromatic carbocycles. The second kappa shape index (κ2) is 8.19. The minimum atomic E-state index is -0.592. The van der Waals surface area contributed by atoms with Gasteiger partial charge in [-0.2, -0.15) is 0 Å². The topological polar surface area (TPSA) is 78.9 Å². The van der Waals surface area contributed by atoms with Crippen LogP contribution in [0.3, 0.4) is 0 Å². The van der Waals surface area contributed by atoms with E-state index in [1.807, 2.05) is 20.8 Å². The third-order valence-corrected chi connectivity index (χ3v) is 4.93. The SMILES string of the molecule is CC(C)(C)OC(=O)NC(C(=O)N1CCCC1CO)C1CCCCC1. The first-order valence-electron chi connectivity index (χ1n) is 9.22. The van der Waals surface area contributed by atoms with E-state index in [2.05, 4.69) is 5.32 Å². The van der Waals surface area contributed by atoms with Gasteiger partial charge in [-0.15, -0.1) is 0 Å². The van der Waals surface area contributed by atoms with Gasteiger partial charge < -0.3 is 20.1 Å². The molecule has 1 aliphatic heterocycles. The maximum atomic E-state index is 13.1. The molecule has 24 heavy (non-hydrogen) atoms. The van der Waals surface area contributed by atoms with Gasteiger partial charge in [-0.25, -0.2) is 4.79 Å². The van der Waals surface area contributed by atoms with Crippen LogP contribution < -0.4 is 5.32 Å². The minimum absolute atomic E-state index is 0.0183. The molecule has 0 aromatic heterocycles. The molecule has 138 valence electrons. The quantitative estimate of drug-likeness (QED) is 0.824. The number of aliphatic hydroxyl groups is 1. The highest BCUT2D eigenvalue weighted by Gasteiger charge is 2.38. The normalized spacial score (nSPS) is 23.8. The third kappa shape index (κ3) is 5.10. The molecule has 2 amide bonds. The Morgan fingerprint density at radius 2 is 1.83 bits per heavy atom. The number of likely N-dealkylation sites (tertiary alicyclic amines) is 1. The van der Waals surface area contributed by atoms with Crippen LogP contribution >= 0.6 is 0 Å². The van der Waals surface area contributed by atoms with E-state index in [1.165, 1.54) is 6.42 Å². The van der Waals surface area contributed by atoms with Gasteiger partial charge in [0.15, 0.2) is 0 Å². The number of amides is 2. The molecule has 0 aromatic rings. The molecule has 2 unspecified atom stereocenters. The maximum Gasteiger partial charge on any atom is 0.408 e. The molecule has 1 saturated heterocycles. The fourth-order valence-electron chi connectivity index (χ4n) is 3.78. The summed E-state index contributed by atoms with van der Waals surface area (Å²) in [5.41, 5.74) is -0.592. The molecule has 6 nitrogen and oxygen atoms in total.